The van der Waals surface area contributed by atoms with Gasteiger partial charge in [-0.15, -0.1) is 0 Å². The van der Waals surface area contributed by atoms with Crippen LogP contribution in [-0.4, -0.2) is 21.7 Å². The van der Waals surface area contributed by atoms with Crippen LogP contribution in [0.5, 0.6) is 0 Å². The second-order valence-corrected chi connectivity index (χ2v) is 4.62. The number of hydrogen-bond acceptors (Lipinski definition) is 4. The van der Waals surface area contributed by atoms with Crippen LogP contribution in [0.3, 0.4) is 0 Å². The van der Waals surface area contributed by atoms with Crippen LogP contribution >= 0.6 is 15.9 Å². The molecule has 0 saturated carbocycles. The van der Waals surface area contributed by atoms with Gasteiger partial charge in [-0.25, -0.2) is 4.98 Å². The first-order valence-corrected chi connectivity index (χ1v) is 6.36. The average molecular weight is 306 g/mol. The molecule has 2 aromatic rings. The summed E-state index contributed by atoms with van der Waals surface area (Å²) in [5.74, 6) is 0.901. The summed E-state index contributed by atoms with van der Waals surface area (Å²) < 4.78 is 0.810. The molecule has 0 unspecified atom stereocenters. The molecule has 0 fully saturated rings. The quantitative estimate of drug-likeness (QED) is 0.832. The molecule has 1 heterocycles. The zero-order valence-electron chi connectivity index (χ0n) is 9.65. The normalized spacial score (nSPS) is 10.0. The molecule has 2 rings (SSSR count). The second kappa shape index (κ2) is 6.17. The van der Waals surface area contributed by atoms with E-state index in [0.717, 1.165) is 35.4 Å². The largest absolute Gasteiger partial charge is 0.385 e. The lowest BCUT2D eigenvalue weighted by Crippen LogP contribution is -2.03. The van der Waals surface area contributed by atoms with Crippen molar-refractivity contribution < 1.29 is 0 Å². The number of benzene rings is 1. The van der Waals surface area contributed by atoms with E-state index in [1.54, 1.807) is 6.07 Å². The van der Waals surface area contributed by atoms with E-state index in [0.29, 0.717) is 5.56 Å². The van der Waals surface area contributed by atoms with E-state index < -0.39 is 0 Å². The van der Waals surface area contributed by atoms with Crippen molar-refractivity contribution in [1.82, 2.24) is 15.2 Å². The van der Waals surface area contributed by atoms with Crippen molar-refractivity contribution in [3.05, 3.63) is 40.4 Å². The van der Waals surface area contributed by atoms with Gasteiger partial charge in [-0.2, -0.15) is 10.4 Å². The highest BCUT2D eigenvalue weighted by Gasteiger charge is 2.00. The summed E-state index contributed by atoms with van der Waals surface area (Å²) in [7, 11) is 0. The van der Waals surface area contributed by atoms with E-state index in [4.69, 9.17) is 5.26 Å². The Morgan fingerprint density at radius 1 is 1.44 bits per heavy atom. The number of H-pyrrole nitrogens is 1. The van der Waals surface area contributed by atoms with Gasteiger partial charge >= 0.3 is 0 Å². The second-order valence-electron chi connectivity index (χ2n) is 3.77. The zero-order chi connectivity index (χ0) is 12.8. The predicted octanol–water partition coefficient (Wildman–Crippen LogP) is 2.48. The topological polar surface area (TPSA) is 77.4 Å². The number of anilines is 1. The van der Waals surface area contributed by atoms with Crippen molar-refractivity contribution in [3.8, 4) is 6.07 Å². The maximum Gasteiger partial charge on any atom is 0.137 e. The van der Waals surface area contributed by atoms with Crippen molar-refractivity contribution in [2.75, 3.05) is 11.9 Å². The monoisotopic (exact) mass is 305 g/mol. The van der Waals surface area contributed by atoms with E-state index in [9.17, 15) is 0 Å². The van der Waals surface area contributed by atoms with Crippen molar-refractivity contribution in [3.63, 3.8) is 0 Å². The Labute approximate surface area is 113 Å². The first kappa shape index (κ1) is 12.6. The van der Waals surface area contributed by atoms with Gasteiger partial charge in [-0.1, -0.05) is 0 Å². The van der Waals surface area contributed by atoms with E-state index in [2.05, 4.69) is 42.5 Å². The number of nitriles is 1. The molecule has 0 spiro atoms. The van der Waals surface area contributed by atoms with E-state index in [1.807, 2.05) is 12.1 Å². The Morgan fingerprint density at radius 2 is 2.33 bits per heavy atom. The van der Waals surface area contributed by atoms with E-state index >= 15 is 0 Å². The van der Waals surface area contributed by atoms with Gasteiger partial charge in [0.15, 0.2) is 0 Å². The molecule has 0 atom stereocenters. The third kappa shape index (κ3) is 3.31. The predicted molar refractivity (Wildman–Crippen MR) is 72.1 cm³/mol. The Hall–Kier alpha value is -1.87. The first-order chi connectivity index (χ1) is 8.79. The number of halogens is 1. The third-order valence-corrected chi connectivity index (χ3v) is 3.13. The number of rotatable bonds is 5. The van der Waals surface area contributed by atoms with Crippen molar-refractivity contribution in [2.45, 2.75) is 12.8 Å². The van der Waals surface area contributed by atoms with Crippen LogP contribution in [0.2, 0.25) is 0 Å². The summed E-state index contributed by atoms with van der Waals surface area (Å²) in [6, 6.07) is 7.72. The number of nitrogens with zero attached hydrogens (tertiary/aromatic N) is 3. The molecule has 92 valence electrons. The Bertz CT molecular complexity index is 544. The van der Waals surface area contributed by atoms with Crippen molar-refractivity contribution >= 4 is 21.6 Å². The molecule has 0 amide bonds. The summed E-state index contributed by atoms with van der Waals surface area (Å²) in [6.07, 6.45) is 3.34. The molecule has 0 aliphatic carbocycles. The van der Waals surface area contributed by atoms with Crippen LogP contribution < -0.4 is 5.32 Å². The first-order valence-electron chi connectivity index (χ1n) is 5.57. The molecule has 0 bridgehead atoms. The van der Waals surface area contributed by atoms with Crippen LogP contribution in [0.1, 0.15) is 17.8 Å². The molecule has 2 N–H and O–H groups in total. The zero-order valence-corrected chi connectivity index (χ0v) is 11.2. The number of hydrogen-bond donors (Lipinski definition) is 2. The number of aromatic nitrogens is 3. The Kier molecular flexibility index (Phi) is 4.31. The molecule has 0 aliphatic rings. The van der Waals surface area contributed by atoms with Gasteiger partial charge in [-0.3, -0.25) is 5.10 Å². The Morgan fingerprint density at radius 3 is 3.00 bits per heavy atom. The summed E-state index contributed by atoms with van der Waals surface area (Å²) in [4.78, 5) is 4.06. The average Bonchev–Trinajstić information content (AvgIpc) is 2.88. The van der Waals surface area contributed by atoms with E-state index in [-0.39, 0.29) is 0 Å². The van der Waals surface area contributed by atoms with Crippen LogP contribution in [0.25, 0.3) is 0 Å². The fourth-order valence-electron chi connectivity index (χ4n) is 1.56. The summed E-state index contributed by atoms with van der Waals surface area (Å²) in [6.45, 7) is 0.846. The highest BCUT2D eigenvalue weighted by molar-refractivity contribution is 9.10. The highest BCUT2D eigenvalue weighted by atomic mass is 79.9. The lowest BCUT2D eigenvalue weighted by atomic mass is 10.2. The number of aryl methyl sites for hydroxylation is 1. The lowest BCUT2D eigenvalue weighted by Gasteiger charge is -2.06. The van der Waals surface area contributed by atoms with Crippen LogP contribution in [0.15, 0.2) is 29.0 Å². The van der Waals surface area contributed by atoms with E-state index in [1.165, 1.54) is 6.33 Å². The van der Waals surface area contributed by atoms with Crippen molar-refractivity contribution in [1.29, 1.82) is 5.26 Å². The summed E-state index contributed by atoms with van der Waals surface area (Å²) in [5.41, 5.74) is 1.64. The maximum atomic E-state index is 8.81. The minimum atomic E-state index is 0.641. The van der Waals surface area contributed by atoms with Crippen LogP contribution in [-0.2, 0) is 6.42 Å². The fraction of sp³-hybridized carbons (Fsp3) is 0.250. The third-order valence-electron chi connectivity index (χ3n) is 2.47. The minimum absolute atomic E-state index is 0.641. The van der Waals surface area contributed by atoms with Gasteiger partial charge in [0.25, 0.3) is 0 Å². The molecule has 1 aromatic carbocycles. The SMILES string of the molecule is N#Cc1ccc(NCCCc2ncn[nH]2)cc1Br. The van der Waals surface area contributed by atoms with Crippen LogP contribution in [0.4, 0.5) is 5.69 Å². The minimum Gasteiger partial charge on any atom is -0.385 e. The molecule has 0 radical (unpaired) electrons. The summed E-state index contributed by atoms with van der Waals surface area (Å²) >= 11 is 3.36. The molecule has 6 heteroatoms. The van der Waals surface area contributed by atoms with Gasteiger partial charge in [0.1, 0.15) is 18.2 Å². The lowest BCUT2D eigenvalue weighted by molar-refractivity contribution is 0.806. The smallest absolute Gasteiger partial charge is 0.137 e. The molecular formula is C12H12BrN5. The molecule has 5 nitrogen and oxygen atoms in total. The van der Waals surface area contributed by atoms with Gasteiger partial charge in [0.2, 0.25) is 0 Å². The molecule has 18 heavy (non-hydrogen) atoms. The van der Waals surface area contributed by atoms with Gasteiger partial charge < -0.3 is 5.32 Å². The highest BCUT2D eigenvalue weighted by Crippen LogP contribution is 2.20. The number of nitrogens with one attached hydrogen (secondary N) is 2. The fourth-order valence-corrected chi connectivity index (χ4v) is 2.02. The Balaban J connectivity index is 1.80. The molecule has 0 saturated heterocycles. The maximum absolute atomic E-state index is 8.81. The van der Waals surface area contributed by atoms with Crippen molar-refractivity contribution in [2.24, 2.45) is 0 Å². The summed E-state index contributed by atoms with van der Waals surface area (Å²) in [5, 5.41) is 18.7. The molecular weight excluding hydrogens is 294 g/mol. The number of aromatic amines is 1. The standard InChI is InChI=1S/C12H12BrN5/c13-11-6-10(4-3-9(11)7-14)15-5-1-2-12-16-8-17-18-12/h3-4,6,8,15H,1-2,5H2,(H,16,17,18). The van der Waals surface area contributed by atoms with Gasteiger partial charge in [0, 0.05) is 23.1 Å². The molecule has 0 aliphatic heterocycles. The van der Waals surface area contributed by atoms with Gasteiger partial charge in [-0.05, 0) is 40.5 Å². The molecule has 1 aromatic heterocycles. The van der Waals surface area contributed by atoms with Gasteiger partial charge in [0.05, 0.1) is 5.56 Å². The van der Waals surface area contributed by atoms with Crippen LogP contribution in [0, 0.1) is 11.3 Å².